The Balaban J connectivity index is 1.33. The molecule has 0 aliphatic carbocycles. The Morgan fingerprint density at radius 3 is 2.53 bits per heavy atom. The van der Waals surface area contributed by atoms with Gasteiger partial charge in [0.2, 0.25) is 11.8 Å². The van der Waals surface area contributed by atoms with Crippen molar-refractivity contribution in [1.29, 1.82) is 0 Å². The minimum Gasteiger partial charge on any atom is -0.483 e. The van der Waals surface area contributed by atoms with Crippen LogP contribution in [-0.2, 0) is 14.4 Å². The lowest BCUT2D eigenvalue weighted by Crippen LogP contribution is -2.54. The first-order chi connectivity index (χ1) is 17.3. The zero-order valence-corrected chi connectivity index (χ0v) is 20.8. The predicted molar refractivity (Wildman–Crippen MR) is 129 cm³/mol. The first kappa shape index (κ1) is 25.8. The van der Waals surface area contributed by atoms with E-state index < -0.39 is 29.7 Å². The van der Waals surface area contributed by atoms with E-state index in [1.54, 1.807) is 11.0 Å². The van der Waals surface area contributed by atoms with Crippen molar-refractivity contribution < 1.29 is 28.7 Å². The summed E-state index contributed by atoms with van der Waals surface area (Å²) in [6, 6.07) is 3.55. The van der Waals surface area contributed by atoms with E-state index >= 15 is 0 Å². The van der Waals surface area contributed by atoms with E-state index in [2.05, 4.69) is 29.1 Å². The standard InChI is InChI=1S/C25H33N5O6/c1-3-9-27(2)10-11-28-12-14-29(15-13-28)21(32)16-36-19-6-4-5-17-22(19)25(35)30(24(17)34)18-7-8-20(31)26-23(18)33/h4-6,18H,3,7-16H2,1-2H3,(H,26,31,33). The van der Waals surface area contributed by atoms with Gasteiger partial charge in [0.25, 0.3) is 17.7 Å². The highest BCUT2D eigenvalue weighted by atomic mass is 16.5. The van der Waals surface area contributed by atoms with Crippen molar-refractivity contribution in [3.05, 3.63) is 29.3 Å². The highest BCUT2D eigenvalue weighted by Gasteiger charge is 2.46. The molecule has 2 fully saturated rings. The monoisotopic (exact) mass is 499 g/mol. The molecule has 36 heavy (non-hydrogen) atoms. The molecule has 1 unspecified atom stereocenters. The average molecular weight is 500 g/mol. The highest BCUT2D eigenvalue weighted by molar-refractivity contribution is 6.24. The summed E-state index contributed by atoms with van der Waals surface area (Å²) in [5.41, 5.74) is 0.164. The SMILES string of the molecule is CCCN(C)CCN1CCN(C(=O)COc2cccc3c2C(=O)N(C2CCC(=O)NC2=O)C3=O)CC1. The third-order valence-electron chi connectivity index (χ3n) is 6.91. The summed E-state index contributed by atoms with van der Waals surface area (Å²) in [6.45, 7) is 7.72. The van der Waals surface area contributed by atoms with Crippen LogP contribution in [0.5, 0.6) is 5.75 Å². The molecule has 3 heterocycles. The van der Waals surface area contributed by atoms with E-state index in [1.807, 2.05) is 0 Å². The lowest BCUT2D eigenvalue weighted by atomic mass is 10.0. The van der Waals surface area contributed by atoms with E-state index in [0.717, 1.165) is 44.0 Å². The molecule has 0 saturated carbocycles. The first-order valence-corrected chi connectivity index (χ1v) is 12.5. The Morgan fingerprint density at radius 1 is 1.08 bits per heavy atom. The number of piperidine rings is 1. The Kier molecular flexibility index (Phi) is 8.00. The summed E-state index contributed by atoms with van der Waals surface area (Å²) in [5.74, 6) is -2.42. The van der Waals surface area contributed by atoms with Crippen LogP contribution < -0.4 is 10.1 Å². The Hall–Kier alpha value is -3.31. The molecule has 0 aromatic heterocycles. The zero-order chi connectivity index (χ0) is 25.8. The number of carbonyl (C=O) groups excluding carboxylic acids is 5. The smallest absolute Gasteiger partial charge is 0.266 e. The first-order valence-electron chi connectivity index (χ1n) is 12.5. The van der Waals surface area contributed by atoms with Crippen molar-refractivity contribution in [2.45, 2.75) is 32.2 Å². The molecular weight excluding hydrogens is 466 g/mol. The van der Waals surface area contributed by atoms with Gasteiger partial charge in [0.1, 0.15) is 11.8 Å². The third-order valence-corrected chi connectivity index (χ3v) is 6.91. The van der Waals surface area contributed by atoms with Crippen LogP contribution in [0.4, 0.5) is 0 Å². The number of fused-ring (bicyclic) bond motifs is 1. The lowest BCUT2D eigenvalue weighted by molar-refractivity contribution is -0.136. The summed E-state index contributed by atoms with van der Waals surface area (Å²) in [4.78, 5) is 69.9. The van der Waals surface area contributed by atoms with E-state index in [0.29, 0.717) is 13.1 Å². The molecule has 5 amide bonds. The van der Waals surface area contributed by atoms with Gasteiger partial charge in [-0.3, -0.25) is 39.1 Å². The number of piperazine rings is 1. The Morgan fingerprint density at radius 2 is 1.83 bits per heavy atom. The summed E-state index contributed by atoms with van der Waals surface area (Å²) >= 11 is 0. The van der Waals surface area contributed by atoms with Crippen molar-refractivity contribution in [3.63, 3.8) is 0 Å². The molecule has 1 aromatic rings. The van der Waals surface area contributed by atoms with E-state index in [4.69, 9.17) is 4.74 Å². The van der Waals surface area contributed by atoms with Gasteiger partial charge in [-0.05, 0) is 38.6 Å². The fourth-order valence-corrected chi connectivity index (χ4v) is 4.86. The second kappa shape index (κ2) is 11.2. The molecule has 4 rings (SSSR count). The van der Waals surface area contributed by atoms with Gasteiger partial charge in [-0.25, -0.2) is 0 Å². The van der Waals surface area contributed by atoms with Crippen molar-refractivity contribution in [2.75, 3.05) is 59.5 Å². The molecule has 11 heteroatoms. The molecular formula is C25H33N5O6. The van der Waals surface area contributed by atoms with Crippen molar-refractivity contribution in [1.82, 2.24) is 24.9 Å². The van der Waals surface area contributed by atoms with Crippen LogP contribution in [0.25, 0.3) is 0 Å². The Labute approximate surface area is 210 Å². The molecule has 11 nitrogen and oxygen atoms in total. The van der Waals surface area contributed by atoms with Crippen LogP contribution in [0.15, 0.2) is 18.2 Å². The normalized spacial score (nSPS) is 20.7. The van der Waals surface area contributed by atoms with Crippen LogP contribution in [0.1, 0.15) is 46.9 Å². The van der Waals surface area contributed by atoms with Gasteiger partial charge in [-0.15, -0.1) is 0 Å². The zero-order valence-electron chi connectivity index (χ0n) is 20.8. The quantitative estimate of drug-likeness (QED) is 0.470. The van der Waals surface area contributed by atoms with Crippen LogP contribution in [0, 0.1) is 0 Å². The molecule has 1 atom stereocenters. The number of hydrogen-bond acceptors (Lipinski definition) is 8. The number of likely N-dealkylation sites (N-methyl/N-ethyl adjacent to an activating group) is 1. The number of nitrogens with zero attached hydrogens (tertiary/aromatic N) is 4. The molecule has 3 aliphatic rings. The maximum absolute atomic E-state index is 13.1. The summed E-state index contributed by atoms with van der Waals surface area (Å²) in [7, 11) is 2.11. The molecule has 0 radical (unpaired) electrons. The Bertz CT molecular complexity index is 1050. The molecule has 3 aliphatic heterocycles. The predicted octanol–water partition coefficient (Wildman–Crippen LogP) is -0.0474. The van der Waals surface area contributed by atoms with Crippen molar-refractivity contribution in [3.8, 4) is 5.75 Å². The number of hydrogen-bond donors (Lipinski definition) is 1. The van der Waals surface area contributed by atoms with Crippen LogP contribution in [-0.4, -0.2) is 115 Å². The maximum atomic E-state index is 13.1. The van der Waals surface area contributed by atoms with Crippen molar-refractivity contribution in [2.24, 2.45) is 0 Å². The number of benzene rings is 1. The van der Waals surface area contributed by atoms with Crippen LogP contribution in [0.3, 0.4) is 0 Å². The van der Waals surface area contributed by atoms with Gasteiger partial charge in [0, 0.05) is 45.7 Å². The largest absolute Gasteiger partial charge is 0.483 e. The molecule has 0 bridgehead atoms. The van der Waals surface area contributed by atoms with E-state index in [1.165, 1.54) is 12.1 Å². The molecule has 0 spiro atoms. The van der Waals surface area contributed by atoms with Gasteiger partial charge < -0.3 is 14.5 Å². The number of rotatable bonds is 9. The van der Waals surface area contributed by atoms with Gasteiger partial charge in [-0.2, -0.15) is 0 Å². The van der Waals surface area contributed by atoms with Crippen LogP contribution in [0.2, 0.25) is 0 Å². The van der Waals surface area contributed by atoms with E-state index in [-0.39, 0.29) is 42.2 Å². The molecule has 1 aromatic carbocycles. The number of carbonyl (C=O) groups is 5. The number of ether oxygens (including phenoxy) is 1. The van der Waals surface area contributed by atoms with Gasteiger partial charge in [-0.1, -0.05) is 13.0 Å². The third kappa shape index (κ3) is 5.41. The molecule has 2 saturated heterocycles. The van der Waals surface area contributed by atoms with Gasteiger partial charge in [0.05, 0.1) is 11.1 Å². The lowest BCUT2D eigenvalue weighted by Gasteiger charge is -2.35. The number of amides is 5. The second-order valence-electron chi connectivity index (χ2n) is 9.44. The topological polar surface area (TPSA) is 120 Å². The number of nitrogens with one attached hydrogen (secondary N) is 1. The minimum atomic E-state index is -1.05. The van der Waals surface area contributed by atoms with E-state index in [9.17, 15) is 24.0 Å². The molecule has 194 valence electrons. The van der Waals surface area contributed by atoms with Crippen LogP contribution >= 0.6 is 0 Å². The van der Waals surface area contributed by atoms with Crippen molar-refractivity contribution >= 4 is 29.5 Å². The minimum absolute atomic E-state index is 0.0426. The fourth-order valence-electron chi connectivity index (χ4n) is 4.86. The second-order valence-corrected chi connectivity index (χ2v) is 9.44. The summed E-state index contributed by atoms with van der Waals surface area (Å²) < 4.78 is 5.73. The average Bonchev–Trinajstić information content (AvgIpc) is 3.12. The number of imide groups is 2. The summed E-state index contributed by atoms with van der Waals surface area (Å²) in [5, 5.41) is 2.18. The maximum Gasteiger partial charge on any atom is 0.266 e. The molecule has 1 N–H and O–H groups in total. The highest BCUT2D eigenvalue weighted by Crippen LogP contribution is 2.33. The van der Waals surface area contributed by atoms with Gasteiger partial charge in [0.15, 0.2) is 6.61 Å². The van der Waals surface area contributed by atoms with Gasteiger partial charge >= 0.3 is 0 Å². The fraction of sp³-hybridized carbons (Fsp3) is 0.560. The summed E-state index contributed by atoms with van der Waals surface area (Å²) in [6.07, 6.45) is 1.24.